The fourth-order valence-electron chi connectivity index (χ4n) is 10.5. The quantitative estimate of drug-likeness (QED) is 0.0656. The number of unbranched alkanes of at least 4 members (excludes halogenated alkanes) is 1. The van der Waals surface area contributed by atoms with E-state index in [1.54, 1.807) is 23.8 Å². The van der Waals surface area contributed by atoms with Gasteiger partial charge in [-0.05, 0) is 116 Å². The molecular formula is C50H62N6O8Si. The lowest BCUT2D eigenvalue weighted by molar-refractivity contribution is -0.146. The van der Waals surface area contributed by atoms with Crippen LogP contribution in [0.15, 0.2) is 91.1 Å². The molecular weight excluding hydrogens is 841 g/mol. The van der Waals surface area contributed by atoms with Crippen molar-refractivity contribution in [3.8, 4) is 17.2 Å². The van der Waals surface area contributed by atoms with Gasteiger partial charge in [-0.2, -0.15) is 0 Å². The van der Waals surface area contributed by atoms with E-state index >= 15 is 4.79 Å². The fraction of sp³-hybridized carbons (Fsp3) is 0.440. The molecule has 1 unspecified atom stereocenters. The van der Waals surface area contributed by atoms with E-state index in [2.05, 4.69) is 47.8 Å². The number of nitrogens with one attached hydrogen (secondary N) is 1. The zero-order chi connectivity index (χ0) is 45.9. The molecule has 3 aliphatic heterocycles. The number of benzene rings is 4. The van der Waals surface area contributed by atoms with Crippen molar-refractivity contribution in [3.05, 3.63) is 114 Å². The molecule has 344 valence electrons. The molecule has 1 aromatic heterocycles. The number of amides is 2. The summed E-state index contributed by atoms with van der Waals surface area (Å²) in [5.74, 6) is 1.73. The molecule has 5 atom stereocenters. The Labute approximate surface area is 382 Å². The van der Waals surface area contributed by atoms with Gasteiger partial charge >= 0.3 is 0 Å². The first kappa shape index (κ1) is 46.0. The Kier molecular flexibility index (Phi) is 13.8. The summed E-state index contributed by atoms with van der Waals surface area (Å²) in [5, 5.41) is 32.2. The predicted octanol–water partition coefficient (Wildman–Crippen LogP) is 6.03. The lowest BCUT2D eigenvalue weighted by atomic mass is 9.82. The Morgan fingerprint density at radius 2 is 1.66 bits per heavy atom. The van der Waals surface area contributed by atoms with Crippen molar-refractivity contribution in [1.82, 2.24) is 20.3 Å². The van der Waals surface area contributed by atoms with Crippen molar-refractivity contribution < 1.29 is 38.7 Å². The van der Waals surface area contributed by atoms with Crippen LogP contribution >= 0.6 is 0 Å². The number of methoxy groups -OCH3 is 2. The molecule has 4 aromatic carbocycles. The molecule has 0 bridgehead atoms. The van der Waals surface area contributed by atoms with Crippen LogP contribution in [0.4, 0.5) is 17.1 Å². The Hall–Kier alpha value is -5.58. The number of aromatic nitrogens is 3. The van der Waals surface area contributed by atoms with Gasteiger partial charge in [0.15, 0.2) is 5.60 Å². The number of carbonyl (C=O) groups is 2. The second-order valence-corrected chi connectivity index (χ2v) is 22.6. The molecule has 2 amide bonds. The lowest BCUT2D eigenvalue weighted by Crippen LogP contribution is -2.51. The number of nitrogens with zero attached hydrogens (tertiary/aromatic N) is 5. The zero-order valence-corrected chi connectivity index (χ0v) is 39.3. The van der Waals surface area contributed by atoms with E-state index in [4.69, 9.17) is 18.9 Å². The maximum Gasteiger partial charge on any atom is 0.264 e. The highest BCUT2D eigenvalue weighted by molar-refractivity contribution is 6.91. The SMILES string of the molecule is CCOc1ccc2c(c1)CC(NCCCCO)C(=O)N2c1cccc(CN2C(=O)[C@]3(O[C@H](CCn4cc(CCO)nn4)[C@@H]([Si](C)(C)c4ccc(OC)cc4)[C@@H]3C)c3cc(OC)ccc32)c1. The highest BCUT2D eigenvalue weighted by atomic mass is 28.3. The van der Waals surface area contributed by atoms with Crippen LogP contribution in [0.2, 0.25) is 18.6 Å². The fourth-order valence-corrected chi connectivity index (χ4v) is 14.5. The molecule has 1 fully saturated rings. The van der Waals surface area contributed by atoms with Gasteiger partial charge in [0.1, 0.15) is 17.2 Å². The van der Waals surface area contributed by atoms with Crippen LogP contribution in [0, 0.1) is 5.92 Å². The number of fused-ring (bicyclic) bond motifs is 3. The van der Waals surface area contributed by atoms with Crippen LogP contribution in [0.3, 0.4) is 0 Å². The molecule has 4 heterocycles. The summed E-state index contributed by atoms with van der Waals surface area (Å²) < 4.78 is 26.4. The van der Waals surface area contributed by atoms with Crippen LogP contribution < -0.4 is 34.5 Å². The van der Waals surface area contributed by atoms with E-state index < -0.39 is 19.7 Å². The van der Waals surface area contributed by atoms with Crippen molar-refractivity contribution in [3.63, 3.8) is 0 Å². The van der Waals surface area contributed by atoms with E-state index in [0.29, 0.717) is 56.8 Å². The zero-order valence-electron chi connectivity index (χ0n) is 38.3. The number of hydrogen-bond acceptors (Lipinski definition) is 11. The van der Waals surface area contributed by atoms with Gasteiger partial charge in [0.2, 0.25) is 5.91 Å². The molecule has 3 N–H and O–H groups in total. The first-order valence-electron chi connectivity index (χ1n) is 22.8. The van der Waals surface area contributed by atoms with Gasteiger partial charge in [-0.25, -0.2) is 0 Å². The highest BCUT2D eigenvalue weighted by Gasteiger charge is 2.66. The van der Waals surface area contributed by atoms with Gasteiger partial charge in [0.25, 0.3) is 5.91 Å². The number of aliphatic hydroxyl groups excluding tert-OH is 2. The Balaban J connectivity index is 1.15. The van der Waals surface area contributed by atoms with Gasteiger partial charge in [-0.15, -0.1) is 5.10 Å². The maximum absolute atomic E-state index is 15.7. The van der Waals surface area contributed by atoms with Crippen LogP contribution in [-0.2, 0) is 45.9 Å². The monoisotopic (exact) mass is 902 g/mol. The van der Waals surface area contributed by atoms with Gasteiger partial charge in [-0.1, -0.05) is 54.7 Å². The van der Waals surface area contributed by atoms with Crippen molar-refractivity contribution in [2.24, 2.45) is 5.92 Å². The summed E-state index contributed by atoms with van der Waals surface area (Å²) in [4.78, 5) is 33.7. The minimum atomic E-state index is -2.43. The first-order chi connectivity index (χ1) is 31.5. The molecule has 3 aliphatic rings. The second-order valence-electron chi connectivity index (χ2n) is 17.9. The Morgan fingerprint density at radius 1 is 0.908 bits per heavy atom. The summed E-state index contributed by atoms with van der Waals surface area (Å²) in [7, 11) is 0.873. The topological polar surface area (TPSA) is 161 Å². The minimum absolute atomic E-state index is 0.00114. The largest absolute Gasteiger partial charge is 0.497 e. The van der Waals surface area contributed by atoms with Gasteiger partial charge in [0, 0.05) is 49.5 Å². The Bertz CT molecular complexity index is 2480. The van der Waals surface area contributed by atoms with Crippen molar-refractivity contribution >= 4 is 42.1 Å². The molecule has 0 saturated carbocycles. The third-order valence-electron chi connectivity index (χ3n) is 13.7. The maximum atomic E-state index is 15.7. The molecule has 15 heteroatoms. The van der Waals surface area contributed by atoms with Gasteiger partial charge in [-0.3, -0.25) is 19.2 Å². The number of anilines is 3. The van der Waals surface area contributed by atoms with Crippen molar-refractivity contribution in [2.45, 2.75) is 95.4 Å². The van der Waals surface area contributed by atoms with Crippen LogP contribution in [0.1, 0.15) is 55.5 Å². The van der Waals surface area contributed by atoms with Gasteiger partial charge in [0.05, 0.1) is 64.7 Å². The summed E-state index contributed by atoms with van der Waals surface area (Å²) in [5.41, 5.74) is 4.29. The normalized spacial score (nSPS) is 21.5. The second kappa shape index (κ2) is 19.5. The molecule has 0 radical (unpaired) electrons. The number of ether oxygens (including phenoxy) is 4. The van der Waals surface area contributed by atoms with Gasteiger partial charge < -0.3 is 39.4 Å². The van der Waals surface area contributed by atoms with Crippen LogP contribution in [-0.4, -0.2) is 97.8 Å². The summed E-state index contributed by atoms with van der Waals surface area (Å²) in [6, 6.07) is 27.4. The van der Waals surface area contributed by atoms with E-state index in [1.165, 1.54) is 5.19 Å². The number of carbonyl (C=O) groups excluding carboxylic acids is 2. The Morgan fingerprint density at radius 3 is 2.40 bits per heavy atom. The summed E-state index contributed by atoms with van der Waals surface area (Å²) in [6.45, 7) is 10.8. The smallest absolute Gasteiger partial charge is 0.264 e. The molecule has 5 aromatic rings. The average Bonchev–Trinajstić information content (AvgIpc) is 3.96. The van der Waals surface area contributed by atoms with E-state index in [1.807, 2.05) is 90.8 Å². The summed E-state index contributed by atoms with van der Waals surface area (Å²) >= 11 is 0. The van der Waals surface area contributed by atoms with E-state index in [0.717, 1.165) is 51.7 Å². The number of rotatable bonds is 19. The molecule has 1 saturated heterocycles. The van der Waals surface area contributed by atoms with E-state index in [9.17, 15) is 15.0 Å². The van der Waals surface area contributed by atoms with E-state index in [-0.39, 0.29) is 49.1 Å². The number of aryl methyl sites for hydroxylation is 1. The number of hydrogen-bond donors (Lipinski definition) is 3. The first-order valence-corrected chi connectivity index (χ1v) is 25.9. The molecule has 14 nitrogen and oxygen atoms in total. The summed E-state index contributed by atoms with van der Waals surface area (Å²) in [6.07, 6.45) is 4.48. The molecule has 0 aliphatic carbocycles. The van der Waals surface area contributed by atoms with Crippen LogP contribution in [0.5, 0.6) is 17.2 Å². The van der Waals surface area contributed by atoms with Crippen molar-refractivity contribution in [2.75, 3.05) is 50.4 Å². The number of aliphatic hydroxyl groups is 2. The van der Waals surface area contributed by atoms with Crippen molar-refractivity contribution in [1.29, 1.82) is 0 Å². The average molecular weight is 903 g/mol. The predicted molar refractivity (Wildman–Crippen MR) is 252 cm³/mol. The molecule has 1 spiro atoms. The lowest BCUT2D eigenvalue weighted by Gasteiger charge is -2.37. The standard InChI is InChI=1S/C50H62N6O8Si/c1-7-63-40-16-19-44-35(28-40)29-43(51-23-8-9-25-57)48(59)56(44)37-12-10-11-34(27-37)31-55-45-20-15-39(62-4)30-42(45)50(49(55)60)33(2)47(65(5,6)41-17-13-38(61-3)14-18-41)46(64-50)21-24-54-32-36(22-26-58)52-53-54/h10-20,27-28,30,32-33,43,46-47,51,57-58H,7-9,21-26,29,31H2,1-6H3/t33-,43?,46+,47-,50+/m0/s1. The third-order valence-corrected chi connectivity index (χ3v) is 18.0. The third kappa shape index (κ3) is 8.79. The highest BCUT2D eigenvalue weighted by Crippen LogP contribution is 2.60. The molecule has 8 rings (SSSR count). The minimum Gasteiger partial charge on any atom is -0.497 e. The molecule has 65 heavy (non-hydrogen) atoms. The van der Waals surface area contributed by atoms with Crippen LogP contribution in [0.25, 0.3) is 0 Å².